The Hall–Kier alpha value is -4.37. The Kier molecular flexibility index (Phi) is 7.82. The molecular weight excluding hydrogens is 466 g/mol. The molecule has 0 atom stereocenters. The third kappa shape index (κ3) is 5.64. The quantitative estimate of drug-likeness (QED) is 0.504. The molecule has 2 N–H and O–H groups in total. The maximum Gasteiger partial charge on any atom is 0.328 e. The summed E-state index contributed by atoms with van der Waals surface area (Å²) in [4.78, 5) is 37.0. The van der Waals surface area contributed by atoms with Crippen LogP contribution in [0.1, 0.15) is 36.0 Å². The number of methoxy groups -OCH3 is 1. The first kappa shape index (κ1) is 24.7. The van der Waals surface area contributed by atoms with Crippen LogP contribution in [0.5, 0.6) is 0 Å². The highest BCUT2D eigenvalue weighted by Gasteiger charge is 2.27. The molecule has 0 spiro atoms. The number of hydrogen-bond acceptors (Lipinski definition) is 9. The van der Waals surface area contributed by atoms with Gasteiger partial charge in [-0.25, -0.2) is 14.8 Å². The molecule has 0 bridgehead atoms. The summed E-state index contributed by atoms with van der Waals surface area (Å²) in [5.74, 6) is 0.714. The maximum atomic E-state index is 13.0. The first-order valence-electron chi connectivity index (χ1n) is 11.4. The Bertz CT molecular complexity index is 1190. The predicted octanol–water partition coefficient (Wildman–Crippen LogP) is 2.71. The van der Waals surface area contributed by atoms with Gasteiger partial charge in [-0.3, -0.25) is 15.0 Å². The summed E-state index contributed by atoms with van der Waals surface area (Å²) in [7, 11) is 3.15. The minimum atomic E-state index is -0.768. The lowest BCUT2D eigenvalue weighted by Gasteiger charge is -2.23. The molecule has 4 heterocycles. The van der Waals surface area contributed by atoms with Gasteiger partial charge < -0.3 is 24.4 Å². The number of likely N-dealkylation sites (tertiary alicyclic amines) is 1. The van der Waals surface area contributed by atoms with Crippen LogP contribution >= 0.6 is 0 Å². The Morgan fingerprint density at radius 1 is 1.36 bits per heavy atom. The van der Waals surface area contributed by atoms with Crippen LogP contribution in [0.15, 0.2) is 36.9 Å². The molecule has 12 heteroatoms. The molecule has 36 heavy (non-hydrogen) atoms. The van der Waals surface area contributed by atoms with E-state index >= 15 is 0 Å². The molecular formula is C24H27N7O5. The number of rotatable bonds is 9. The summed E-state index contributed by atoms with van der Waals surface area (Å²) in [6.07, 6.45) is 4.83. The minimum absolute atomic E-state index is 0.0962. The highest BCUT2D eigenvalue weighted by molar-refractivity contribution is 6.00. The van der Waals surface area contributed by atoms with E-state index in [1.54, 1.807) is 31.2 Å². The zero-order chi connectivity index (χ0) is 25.5. The van der Waals surface area contributed by atoms with Crippen LogP contribution in [-0.2, 0) is 25.5 Å². The van der Waals surface area contributed by atoms with E-state index in [9.17, 15) is 14.9 Å². The summed E-state index contributed by atoms with van der Waals surface area (Å²) in [5.41, 5.74) is 2.14. The first-order valence-corrected chi connectivity index (χ1v) is 11.4. The number of aromatic nitrogens is 2. The number of hydrogen-bond donors (Lipinski definition) is 2. The molecule has 2 aromatic rings. The van der Waals surface area contributed by atoms with Crippen molar-refractivity contribution in [2.24, 2.45) is 0 Å². The van der Waals surface area contributed by atoms with Crippen molar-refractivity contribution in [3.8, 4) is 6.07 Å². The number of nitriles is 1. The molecule has 3 amide bonds. The largest absolute Gasteiger partial charge is 0.454 e. The fourth-order valence-corrected chi connectivity index (χ4v) is 3.81. The van der Waals surface area contributed by atoms with Gasteiger partial charge in [-0.05, 0) is 12.5 Å². The van der Waals surface area contributed by atoms with Crippen LogP contribution in [-0.4, -0.2) is 60.7 Å². The fourth-order valence-electron chi connectivity index (χ4n) is 3.81. The van der Waals surface area contributed by atoms with Crippen molar-refractivity contribution < 1.29 is 23.8 Å². The van der Waals surface area contributed by atoms with Crippen molar-refractivity contribution in [1.29, 1.82) is 5.26 Å². The van der Waals surface area contributed by atoms with Gasteiger partial charge in [0.1, 0.15) is 35.9 Å². The number of amides is 3. The lowest BCUT2D eigenvalue weighted by Crippen LogP contribution is -2.33. The summed E-state index contributed by atoms with van der Waals surface area (Å²) >= 11 is 0. The van der Waals surface area contributed by atoms with Gasteiger partial charge in [-0.2, -0.15) is 5.26 Å². The number of ether oxygens (including phenoxy) is 3. The van der Waals surface area contributed by atoms with Crippen molar-refractivity contribution in [1.82, 2.24) is 14.9 Å². The van der Waals surface area contributed by atoms with Crippen LogP contribution in [0.3, 0.4) is 0 Å². The second-order valence-corrected chi connectivity index (χ2v) is 8.14. The molecule has 0 unspecified atom stereocenters. The van der Waals surface area contributed by atoms with Crippen LogP contribution in [0.2, 0.25) is 0 Å². The SMILES string of the molecule is COCCNc1cc(NC(=O)N(C)c2ccc(CN3CCCC3=O)c(C3OC=CO3)n2)ncc1C#N. The van der Waals surface area contributed by atoms with Crippen molar-refractivity contribution in [2.75, 3.05) is 49.4 Å². The van der Waals surface area contributed by atoms with Crippen molar-refractivity contribution >= 4 is 29.3 Å². The third-order valence-electron chi connectivity index (χ3n) is 5.74. The van der Waals surface area contributed by atoms with E-state index in [1.165, 1.54) is 23.6 Å². The number of carbonyl (C=O) groups is 2. The van der Waals surface area contributed by atoms with E-state index in [1.807, 2.05) is 6.07 Å². The lowest BCUT2D eigenvalue weighted by atomic mass is 10.1. The molecule has 0 radical (unpaired) electrons. The summed E-state index contributed by atoms with van der Waals surface area (Å²) in [6, 6.07) is 6.68. The average Bonchev–Trinajstić information content (AvgIpc) is 3.56. The molecule has 0 aliphatic carbocycles. The molecule has 0 aromatic carbocycles. The first-order chi connectivity index (χ1) is 17.5. The zero-order valence-electron chi connectivity index (χ0n) is 20.1. The van der Waals surface area contributed by atoms with Gasteiger partial charge in [0, 0.05) is 58.0 Å². The number of pyridine rings is 2. The predicted molar refractivity (Wildman–Crippen MR) is 130 cm³/mol. The summed E-state index contributed by atoms with van der Waals surface area (Å²) < 4.78 is 16.0. The highest BCUT2D eigenvalue weighted by atomic mass is 16.7. The number of nitrogens with zero attached hydrogens (tertiary/aromatic N) is 5. The molecule has 12 nitrogen and oxygen atoms in total. The van der Waals surface area contributed by atoms with Crippen LogP contribution in [0, 0.1) is 11.3 Å². The topological polar surface area (TPSA) is 142 Å². The second-order valence-electron chi connectivity index (χ2n) is 8.14. The third-order valence-corrected chi connectivity index (χ3v) is 5.74. The summed E-state index contributed by atoms with van der Waals surface area (Å²) in [6.45, 7) is 2.02. The van der Waals surface area contributed by atoms with Crippen molar-refractivity contribution in [2.45, 2.75) is 25.7 Å². The van der Waals surface area contributed by atoms with Gasteiger partial charge in [-0.15, -0.1) is 0 Å². The van der Waals surface area contributed by atoms with E-state index < -0.39 is 12.3 Å². The second kappa shape index (κ2) is 11.4. The van der Waals surface area contributed by atoms with Gasteiger partial charge in [-0.1, -0.05) is 6.07 Å². The smallest absolute Gasteiger partial charge is 0.328 e. The van der Waals surface area contributed by atoms with Crippen molar-refractivity contribution in [3.05, 3.63) is 53.7 Å². The fraction of sp³-hybridized carbons (Fsp3) is 0.375. The molecule has 1 fully saturated rings. The lowest BCUT2D eigenvalue weighted by molar-refractivity contribution is -0.128. The number of anilines is 3. The monoisotopic (exact) mass is 493 g/mol. The highest BCUT2D eigenvalue weighted by Crippen LogP contribution is 2.29. The van der Waals surface area contributed by atoms with Gasteiger partial charge in [0.2, 0.25) is 5.91 Å². The van der Waals surface area contributed by atoms with Gasteiger partial charge in [0.05, 0.1) is 17.9 Å². The molecule has 4 rings (SSSR count). The van der Waals surface area contributed by atoms with E-state index in [-0.39, 0.29) is 11.7 Å². The number of carbonyl (C=O) groups excluding carboxylic acids is 2. The molecule has 2 aliphatic rings. The molecule has 0 saturated carbocycles. The molecule has 1 saturated heterocycles. The van der Waals surface area contributed by atoms with Gasteiger partial charge in [0.15, 0.2) is 0 Å². The van der Waals surface area contributed by atoms with E-state index in [4.69, 9.17) is 14.2 Å². The van der Waals surface area contributed by atoms with Crippen LogP contribution in [0.4, 0.5) is 22.1 Å². The maximum absolute atomic E-state index is 13.0. The van der Waals surface area contributed by atoms with E-state index in [0.717, 1.165) is 12.0 Å². The van der Waals surface area contributed by atoms with Gasteiger partial charge in [0.25, 0.3) is 6.29 Å². The standard InChI is InChI=1S/C24H27N7O5/c1-30(24(33)28-19-12-18(26-7-9-34-2)17(13-25)14-27-19)20-6-5-16(15-31-8-3-4-21(31)32)22(29-20)23-35-10-11-36-23/h5-6,10-12,14,23H,3-4,7-9,15H2,1-2H3,(H2,26,27,28,33). The van der Waals surface area contributed by atoms with E-state index in [2.05, 4.69) is 26.7 Å². The Morgan fingerprint density at radius 2 is 2.17 bits per heavy atom. The van der Waals surface area contributed by atoms with Crippen LogP contribution < -0.4 is 15.5 Å². The Morgan fingerprint density at radius 3 is 2.86 bits per heavy atom. The Balaban J connectivity index is 1.51. The van der Waals surface area contributed by atoms with Crippen molar-refractivity contribution in [3.63, 3.8) is 0 Å². The minimum Gasteiger partial charge on any atom is -0.454 e. The number of nitrogens with one attached hydrogen (secondary N) is 2. The normalized spacial score (nSPS) is 14.8. The number of urea groups is 1. The van der Waals surface area contributed by atoms with E-state index in [0.29, 0.717) is 55.4 Å². The zero-order valence-corrected chi connectivity index (χ0v) is 20.1. The average molecular weight is 494 g/mol. The van der Waals surface area contributed by atoms with Gasteiger partial charge >= 0.3 is 6.03 Å². The summed E-state index contributed by atoms with van der Waals surface area (Å²) in [5, 5.41) is 15.1. The molecule has 2 aliphatic heterocycles. The van der Waals surface area contributed by atoms with Crippen LogP contribution in [0.25, 0.3) is 0 Å². The molecule has 2 aromatic heterocycles. The molecule has 188 valence electrons. The Labute approximate surface area is 208 Å².